The number of ether oxygens (including phenoxy) is 1. The van der Waals surface area contributed by atoms with E-state index in [9.17, 15) is 5.11 Å². The van der Waals surface area contributed by atoms with Crippen LogP contribution >= 0.6 is 0 Å². The molecule has 2 heterocycles. The highest BCUT2D eigenvalue weighted by atomic mass is 16.5. The van der Waals surface area contributed by atoms with Gasteiger partial charge in [0.2, 0.25) is 0 Å². The third kappa shape index (κ3) is 1.83. The predicted molar refractivity (Wildman–Crippen MR) is 63.0 cm³/mol. The van der Waals surface area contributed by atoms with Crippen LogP contribution in [0.1, 0.15) is 29.8 Å². The molecule has 0 spiro atoms. The Labute approximate surface area is 99.6 Å². The summed E-state index contributed by atoms with van der Waals surface area (Å²) in [5, 5.41) is 10.3. The number of rotatable bonds is 2. The standard InChI is InChI=1S/C14H14O3/c15-14(13-6-3-8-16-13)11-7-9-17-12-5-2-1-4-10(11)12/h1-6,8,11,14-15H,7,9H2. The number of aliphatic hydroxyl groups is 1. The minimum atomic E-state index is -0.602. The van der Waals surface area contributed by atoms with Crippen molar-refractivity contribution in [2.24, 2.45) is 0 Å². The van der Waals surface area contributed by atoms with Crippen LogP contribution in [0.4, 0.5) is 0 Å². The molecule has 0 aliphatic carbocycles. The Kier molecular flexibility index (Phi) is 2.61. The summed E-state index contributed by atoms with van der Waals surface area (Å²) in [6, 6.07) is 11.5. The van der Waals surface area contributed by atoms with Crippen LogP contribution in [-0.4, -0.2) is 11.7 Å². The minimum absolute atomic E-state index is 0.0473. The summed E-state index contributed by atoms with van der Waals surface area (Å²) in [5.74, 6) is 1.53. The summed E-state index contributed by atoms with van der Waals surface area (Å²) in [6.07, 6.45) is 1.79. The first kappa shape index (κ1) is 10.4. The van der Waals surface area contributed by atoms with Gasteiger partial charge in [-0.25, -0.2) is 0 Å². The molecule has 3 rings (SSSR count). The zero-order chi connectivity index (χ0) is 11.7. The lowest BCUT2D eigenvalue weighted by atomic mass is 9.87. The van der Waals surface area contributed by atoms with Crippen molar-refractivity contribution in [2.75, 3.05) is 6.61 Å². The summed E-state index contributed by atoms with van der Waals surface area (Å²) in [6.45, 7) is 0.638. The van der Waals surface area contributed by atoms with E-state index in [-0.39, 0.29) is 5.92 Å². The number of para-hydroxylation sites is 1. The summed E-state index contributed by atoms with van der Waals surface area (Å²) < 4.78 is 10.9. The van der Waals surface area contributed by atoms with E-state index < -0.39 is 6.10 Å². The van der Waals surface area contributed by atoms with Gasteiger partial charge in [0.15, 0.2) is 0 Å². The summed E-state index contributed by atoms with van der Waals surface area (Å²) in [4.78, 5) is 0. The van der Waals surface area contributed by atoms with Crippen LogP contribution in [0.2, 0.25) is 0 Å². The second kappa shape index (κ2) is 4.26. The average molecular weight is 230 g/mol. The second-order valence-electron chi connectivity index (χ2n) is 4.24. The largest absolute Gasteiger partial charge is 0.493 e. The Hall–Kier alpha value is -1.74. The van der Waals surface area contributed by atoms with Gasteiger partial charge in [-0.15, -0.1) is 0 Å². The summed E-state index contributed by atoms with van der Waals surface area (Å²) >= 11 is 0. The van der Waals surface area contributed by atoms with Gasteiger partial charge in [-0.2, -0.15) is 0 Å². The highest BCUT2D eigenvalue weighted by Gasteiger charge is 2.29. The Morgan fingerprint density at radius 2 is 2.06 bits per heavy atom. The topological polar surface area (TPSA) is 42.6 Å². The highest BCUT2D eigenvalue weighted by molar-refractivity contribution is 5.39. The molecular formula is C14H14O3. The van der Waals surface area contributed by atoms with Gasteiger partial charge in [0.05, 0.1) is 12.9 Å². The van der Waals surface area contributed by atoms with Crippen molar-refractivity contribution >= 4 is 0 Å². The Bertz CT molecular complexity index is 490. The van der Waals surface area contributed by atoms with Crippen molar-refractivity contribution in [3.8, 4) is 5.75 Å². The minimum Gasteiger partial charge on any atom is -0.493 e. The maximum atomic E-state index is 10.3. The summed E-state index contributed by atoms with van der Waals surface area (Å²) in [7, 11) is 0. The van der Waals surface area contributed by atoms with Gasteiger partial charge in [-0.1, -0.05) is 18.2 Å². The van der Waals surface area contributed by atoms with Gasteiger partial charge in [0.1, 0.15) is 17.6 Å². The number of furan rings is 1. The van der Waals surface area contributed by atoms with E-state index in [1.165, 1.54) is 0 Å². The molecule has 88 valence electrons. The van der Waals surface area contributed by atoms with Crippen LogP contribution in [0.15, 0.2) is 47.1 Å². The predicted octanol–water partition coefficient (Wildman–Crippen LogP) is 2.88. The maximum absolute atomic E-state index is 10.3. The van der Waals surface area contributed by atoms with Gasteiger partial charge >= 0.3 is 0 Å². The molecule has 2 atom stereocenters. The number of aliphatic hydroxyl groups excluding tert-OH is 1. The van der Waals surface area contributed by atoms with E-state index in [0.717, 1.165) is 17.7 Å². The first-order valence-electron chi connectivity index (χ1n) is 5.79. The van der Waals surface area contributed by atoms with E-state index in [1.807, 2.05) is 30.3 Å². The van der Waals surface area contributed by atoms with Crippen LogP contribution in [0, 0.1) is 0 Å². The number of benzene rings is 1. The Morgan fingerprint density at radius 3 is 2.88 bits per heavy atom. The molecule has 1 aromatic carbocycles. The van der Waals surface area contributed by atoms with Crippen molar-refractivity contribution in [1.82, 2.24) is 0 Å². The van der Waals surface area contributed by atoms with Crippen molar-refractivity contribution in [3.63, 3.8) is 0 Å². The zero-order valence-electron chi connectivity index (χ0n) is 9.37. The second-order valence-corrected chi connectivity index (χ2v) is 4.24. The molecule has 1 aliphatic heterocycles. The van der Waals surface area contributed by atoms with Crippen molar-refractivity contribution in [1.29, 1.82) is 0 Å². The van der Waals surface area contributed by atoms with Crippen molar-refractivity contribution in [2.45, 2.75) is 18.4 Å². The monoisotopic (exact) mass is 230 g/mol. The third-order valence-corrected chi connectivity index (χ3v) is 3.22. The van der Waals surface area contributed by atoms with Gasteiger partial charge < -0.3 is 14.3 Å². The molecule has 2 aromatic rings. The molecule has 1 N–H and O–H groups in total. The normalized spacial score (nSPS) is 20.4. The third-order valence-electron chi connectivity index (χ3n) is 3.22. The molecule has 0 radical (unpaired) electrons. The van der Waals surface area contributed by atoms with E-state index in [0.29, 0.717) is 12.4 Å². The summed E-state index contributed by atoms with van der Waals surface area (Å²) in [5.41, 5.74) is 1.06. The van der Waals surface area contributed by atoms with Crippen LogP contribution in [0.5, 0.6) is 5.75 Å². The molecule has 1 aliphatic rings. The fourth-order valence-electron chi connectivity index (χ4n) is 2.36. The van der Waals surface area contributed by atoms with Crippen LogP contribution < -0.4 is 4.74 Å². The van der Waals surface area contributed by atoms with Crippen LogP contribution in [-0.2, 0) is 0 Å². The molecule has 2 unspecified atom stereocenters. The van der Waals surface area contributed by atoms with Crippen LogP contribution in [0.25, 0.3) is 0 Å². The quantitative estimate of drug-likeness (QED) is 0.862. The fourth-order valence-corrected chi connectivity index (χ4v) is 2.36. The molecule has 3 heteroatoms. The molecule has 0 bridgehead atoms. The van der Waals surface area contributed by atoms with E-state index in [2.05, 4.69) is 0 Å². The molecule has 17 heavy (non-hydrogen) atoms. The molecule has 0 saturated carbocycles. The van der Waals surface area contributed by atoms with Gasteiger partial charge in [0, 0.05) is 11.5 Å². The van der Waals surface area contributed by atoms with E-state index in [4.69, 9.17) is 9.15 Å². The first-order chi connectivity index (χ1) is 8.36. The Morgan fingerprint density at radius 1 is 1.18 bits per heavy atom. The lowest BCUT2D eigenvalue weighted by Gasteiger charge is -2.28. The highest BCUT2D eigenvalue weighted by Crippen LogP contribution is 2.41. The molecular weight excluding hydrogens is 216 g/mol. The SMILES string of the molecule is OC(c1ccco1)C1CCOc2ccccc21. The molecule has 3 nitrogen and oxygen atoms in total. The first-order valence-corrected chi connectivity index (χ1v) is 5.79. The van der Waals surface area contributed by atoms with Gasteiger partial charge in [-0.3, -0.25) is 0 Å². The van der Waals surface area contributed by atoms with Crippen molar-refractivity contribution < 1.29 is 14.3 Å². The lowest BCUT2D eigenvalue weighted by molar-refractivity contribution is 0.0969. The van der Waals surface area contributed by atoms with Gasteiger partial charge in [0.25, 0.3) is 0 Å². The molecule has 1 aromatic heterocycles. The van der Waals surface area contributed by atoms with E-state index in [1.54, 1.807) is 12.3 Å². The number of hydrogen-bond acceptors (Lipinski definition) is 3. The van der Waals surface area contributed by atoms with E-state index >= 15 is 0 Å². The van der Waals surface area contributed by atoms with Crippen LogP contribution in [0.3, 0.4) is 0 Å². The molecule has 0 fully saturated rings. The maximum Gasteiger partial charge on any atom is 0.132 e. The smallest absolute Gasteiger partial charge is 0.132 e. The average Bonchev–Trinajstić information content (AvgIpc) is 2.91. The lowest BCUT2D eigenvalue weighted by Crippen LogP contribution is -2.19. The number of hydrogen-bond donors (Lipinski definition) is 1. The Balaban J connectivity index is 1.95. The van der Waals surface area contributed by atoms with Crippen molar-refractivity contribution in [3.05, 3.63) is 54.0 Å². The molecule has 0 amide bonds. The zero-order valence-corrected chi connectivity index (χ0v) is 9.37. The van der Waals surface area contributed by atoms with Gasteiger partial charge in [-0.05, 0) is 24.6 Å². The number of fused-ring (bicyclic) bond motifs is 1. The fraction of sp³-hybridized carbons (Fsp3) is 0.286. The molecule has 0 saturated heterocycles.